The largest absolute Gasteiger partial charge is 0.497 e. The van der Waals surface area contributed by atoms with Crippen LogP contribution in [0, 0.1) is 0 Å². The van der Waals surface area contributed by atoms with Gasteiger partial charge in [-0.1, -0.05) is 30.3 Å². The minimum atomic E-state index is -0.543. The van der Waals surface area contributed by atoms with E-state index in [9.17, 15) is 5.11 Å². The van der Waals surface area contributed by atoms with Crippen molar-refractivity contribution in [3.63, 3.8) is 0 Å². The minimum Gasteiger partial charge on any atom is -0.497 e. The predicted molar refractivity (Wildman–Crippen MR) is 96.5 cm³/mol. The Morgan fingerprint density at radius 1 is 1.00 bits per heavy atom. The molecule has 2 aromatic rings. The lowest BCUT2D eigenvalue weighted by atomic mass is 10.1. The molecule has 0 amide bonds. The molecule has 0 bridgehead atoms. The molecule has 2 aromatic carbocycles. The number of ether oxygens (including phenoxy) is 2. The molecule has 2 rings (SSSR count). The Morgan fingerprint density at radius 2 is 1.71 bits per heavy atom. The third-order valence-corrected chi connectivity index (χ3v) is 3.88. The highest BCUT2D eigenvalue weighted by molar-refractivity contribution is 5.28. The van der Waals surface area contributed by atoms with Crippen LogP contribution in [0.3, 0.4) is 0 Å². The van der Waals surface area contributed by atoms with Crippen LogP contribution in [-0.2, 0) is 6.54 Å². The normalized spacial score (nSPS) is 12.4. The maximum absolute atomic E-state index is 10.3. The van der Waals surface area contributed by atoms with Crippen LogP contribution in [0.1, 0.15) is 19.4 Å². The fourth-order valence-electron chi connectivity index (χ4n) is 2.50. The topological polar surface area (TPSA) is 41.9 Å². The van der Waals surface area contributed by atoms with Crippen molar-refractivity contribution in [3.8, 4) is 11.5 Å². The number of rotatable bonds is 9. The Kier molecular flexibility index (Phi) is 7.09. The molecule has 130 valence electrons. The summed E-state index contributed by atoms with van der Waals surface area (Å²) in [7, 11) is 1.67. The summed E-state index contributed by atoms with van der Waals surface area (Å²) in [6.07, 6.45) is -0.543. The van der Waals surface area contributed by atoms with Crippen LogP contribution in [0.25, 0.3) is 0 Å². The summed E-state index contributed by atoms with van der Waals surface area (Å²) in [5.74, 6) is 1.63. The standard InChI is InChI=1S/C20H27NO3/c1-16(2)21(13-17-8-7-11-20(12-17)23-3)14-18(22)15-24-19-9-5-4-6-10-19/h4-12,16,18,22H,13-15H2,1-3H3/t18-/m0/s1. The van der Waals surface area contributed by atoms with Gasteiger partial charge in [-0.25, -0.2) is 0 Å². The number of para-hydroxylation sites is 1. The summed E-state index contributed by atoms with van der Waals surface area (Å²) in [5, 5.41) is 10.3. The second-order valence-electron chi connectivity index (χ2n) is 6.15. The fraction of sp³-hybridized carbons (Fsp3) is 0.400. The molecule has 0 spiro atoms. The van der Waals surface area contributed by atoms with E-state index in [1.165, 1.54) is 5.56 Å². The third-order valence-electron chi connectivity index (χ3n) is 3.88. The van der Waals surface area contributed by atoms with Crippen LogP contribution in [-0.4, -0.2) is 42.4 Å². The van der Waals surface area contributed by atoms with Gasteiger partial charge in [0.1, 0.15) is 24.2 Å². The van der Waals surface area contributed by atoms with E-state index in [1.54, 1.807) is 7.11 Å². The van der Waals surface area contributed by atoms with E-state index in [-0.39, 0.29) is 6.61 Å². The first-order chi connectivity index (χ1) is 11.6. The smallest absolute Gasteiger partial charge is 0.119 e. The van der Waals surface area contributed by atoms with Crippen LogP contribution in [0.5, 0.6) is 11.5 Å². The molecule has 0 unspecified atom stereocenters. The number of aliphatic hydroxyl groups is 1. The molecular weight excluding hydrogens is 302 g/mol. The van der Waals surface area contributed by atoms with Gasteiger partial charge in [-0.2, -0.15) is 0 Å². The van der Waals surface area contributed by atoms with Crippen molar-refractivity contribution in [1.82, 2.24) is 4.90 Å². The highest BCUT2D eigenvalue weighted by Crippen LogP contribution is 2.16. The number of methoxy groups -OCH3 is 1. The number of hydrogen-bond donors (Lipinski definition) is 1. The summed E-state index contributed by atoms with van der Waals surface area (Å²) >= 11 is 0. The Morgan fingerprint density at radius 3 is 2.38 bits per heavy atom. The van der Waals surface area contributed by atoms with Crippen LogP contribution in [0.4, 0.5) is 0 Å². The predicted octanol–water partition coefficient (Wildman–Crippen LogP) is 3.35. The summed E-state index contributed by atoms with van der Waals surface area (Å²) < 4.78 is 10.9. The summed E-state index contributed by atoms with van der Waals surface area (Å²) in [6.45, 7) is 5.86. The Labute approximate surface area is 144 Å². The zero-order chi connectivity index (χ0) is 17.4. The second-order valence-corrected chi connectivity index (χ2v) is 6.15. The highest BCUT2D eigenvalue weighted by atomic mass is 16.5. The number of benzene rings is 2. The van der Waals surface area contributed by atoms with Crippen molar-refractivity contribution in [2.75, 3.05) is 20.3 Å². The quantitative estimate of drug-likeness (QED) is 0.766. The van der Waals surface area contributed by atoms with Crippen molar-refractivity contribution in [1.29, 1.82) is 0 Å². The van der Waals surface area contributed by atoms with Gasteiger partial charge in [-0.15, -0.1) is 0 Å². The fourth-order valence-corrected chi connectivity index (χ4v) is 2.50. The van der Waals surface area contributed by atoms with Gasteiger partial charge in [0.15, 0.2) is 0 Å². The van der Waals surface area contributed by atoms with E-state index in [2.05, 4.69) is 24.8 Å². The molecule has 1 N–H and O–H groups in total. The molecule has 0 saturated heterocycles. The van der Waals surface area contributed by atoms with E-state index in [4.69, 9.17) is 9.47 Å². The van der Waals surface area contributed by atoms with Crippen LogP contribution in [0.15, 0.2) is 54.6 Å². The van der Waals surface area contributed by atoms with Crippen molar-refractivity contribution >= 4 is 0 Å². The van der Waals surface area contributed by atoms with E-state index in [0.29, 0.717) is 12.6 Å². The molecule has 24 heavy (non-hydrogen) atoms. The zero-order valence-electron chi connectivity index (χ0n) is 14.7. The van der Waals surface area contributed by atoms with Gasteiger partial charge in [-0.3, -0.25) is 4.90 Å². The molecule has 4 nitrogen and oxygen atoms in total. The van der Waals surface area contributed by atoms with Crippen LogP contribution >= 0.6 is 0 Å². The molecule has 0 aliphatic rings. The Balaban J connectivity index is 1.90. The molecule has 1 atom stereocenters. The molecule has 0 saturated carbocycles. The average Bonchev–Trinajstić information content (AvgIpc) is 2.60. The van der Waals surface area contributed by atoms with Crippen molar-refractivity contribution < 1.29 is 14.6 Å². The average molecular weight is 329 g/mol. The van der Waals surface area contributed by atoms with Gasteiger partial charge in [0.25, 0.3) is 0 Å². The highest BCUT2D eigenvalue weighted by Gasteiger charge is 2.16. The first-order valence-corrected chi connectivity index (χ1v) is 8.31. The first kappa shape index (κ1) is 18.3. The van der Waals surface area contributed by atoms with Gasteiger partial charge in [-0.05, 0) is 43.7 Å². The molecule has 4 heteroatoms. The van der Waals surface area contributed by atoms with Crippen LogP contribution in [0.2, 0.25) is 0 Å². The second kappa shape index (κ2) is 9.30. The lowest BCUT2D eigenvalue weighted by Gasteiger charge is -2.29. The lowest BCUT2D eigenvalue weighted by Crippen LogP contribution is -2.39. The SMILES string of the molecule is COc1cccc(CN(C[C@H](O)COc2ccccc2)C(C)C)c1. The molecular formula is C20H27NO3. The number of aliphatic hydroxyl groups excluding tert-OH is 1. The minimum absolute atomic E-state index is 0.283. The van der Waals surface area contributed by atoms with E-state index < -0.39 is 6.10 Å². The lowest BCUT2D eigenvalue weighted by molar-refractivity contribution is 0.0543. The Hall–Kier alpha value is -2.04. The molecule has 0 aliphatic heterocycles. The van der Waals surface area contributed by atoms with Gasteiger partial charge in [0.05, 0.1) is 7.11 Å². The third kappa shape index (κ3) is 5.87. The Bertz CT molecular complexity index is 601. The number of nitrogens with zero attached hydrogens (tertiary/aromatic N) is 1. The molecule has 0 heterocycles. The zero-order valence-corrected chi connectivity index (χ0v) is 14.7. The van der Waals surface area contributed by atoms with Crippen LogP contribution < -0.4 is 9.47 Å². The van der Waals surface area contributed by atoms with Crippen molar-refractivity contribution in [2.24, 2.45) is 0 Å². The van der Waals surface area contributed by atoms with Crippen molar-refractivity contribution in [3.05, 3.63) is 60.2 Å². The molecule has 0 fully saturated rings. The van der Waals surface area contributed by atoms with E-state index in [0.717, 1.165) is 18.0 Å². The molecule has 0 aromatic heterocycles. The van der Waals surface area contributed by atoms with E-state index in [1.807, 2.05) is 48.5 Å². The van der Waals surface area contributed by atoms with Gasteiger partial charge >= 0.3 is 0 Å². The van der Waals surface area contributed by atoms with Crippen molar-refractivity contribution in [2.45, 2.75) is 32.5 Å². The summed E-state index contributed by atoms with van der Waals surface area (Å²) in [4.78, 5) is 2.23. The number of hydrogen-bond acceptors (Lipinski definition) is 4. The molecule has 0 aliphatic carbocycles. The maximum atomic E-state index is 10.3. The summed E-state index contributed by atoms with van der Waals surface area (Å²) in [6, 6.07) is 17.9. The summed E-state index contributed by atoms with van der Waals surface area (Å²) in [5.41, 5.74) is 1.17. The maximum Gasteiger partial charge on any atom is 0.119 e. The van der Waals surface area contributed by atoms with Gasteiger partial charge < -0.3 is 14.6 Å². The first-order valence-electron chi connectivity index (χ1n) is 8.31. The van der Waals surface area contributed by atoms with Gasteiger partial charge in [0.2, 0.25) is 0 Å². The molecule has 0 radical (unpaired) electrons. The van der Waals surface area contributed by atoms with E-state index >= 15 is 0 Å². The monoisotopic (exact) mass is 329 g/mol. The van der Waals surface area contributed by atoms with Gasteiger partial charge in [0, 0.05) is 19.1 Å².